The molecule has 0 saturated heterocycles. The fourth-order valence-corrected chi connectivity index (χ4v) is 2.80. The number of nitrogens with one attached hydrogen (secondary N) is 3. The Morgan fingerprint density at radius 3 is 1.89 bits per heavy atom. The van der Waals surface area contributed by atoms with Crippen molar-refractivity contribution in [2.45, 2.75) is 62.7 Å². The highest BCUT2D eigenvalue weighted by Gasteiger charge is 2.31. The second kappa shape index (κ2) is 17.0. The van der Waals surface area contributed by atoms with E-state index in [1.54, 1.807) is 0 Å². The quantitative estimate of drug-likeness (QED) is 0.0480. The first-order chi connectivity index (χ1) is 16.4. The number of rotatable bonds is 18. The summed E-state index contributed by atoms with van der Waals surface area (Å²) in [5.74, 6) is -5.89. The van der Waals surface area contributed by atoms with Crippen LogP contribution in [0.5, 0.6) is 0 Å². The van der Waals surface area contributed by atoms with Crippen LogP contribution in [0.4, 0.5) is 0 Å². The maximum absolute atomic E-state index is 12.9. The molecular formula is C19H36N8O8. The number of aliphatic hydroxyl groups excluding tert-OH is 1. The molecule has 200 valence electrons. The van der Waals surface area contributed by atoms with Gasteiger partial charge in [-0.25, -0.2) is 4.79 Å². The van der Waals surface area contributed by atoms with Crippen LogP contribution in [-0.2, 0) is 24.0 Å². The minimum Gasteiger partial charge on any atom is -0.481 e. The van der Waals surface area contributed by atoms with Gasteiger partial charge in [0, 0.05) is 6.54 Å². The van der Waals surface area contributed by atoms with Gasteiger partial charge >= 0.3 is 11.9 Å². The highest BCUT2D eigenvalue weighted by Crippen LogP contribution is 2.05. The average molecular weight is 505 g/mol. The lowest BCUT2D eigenvalue weighted by Gasteiger charge is -2.24. The van der Waals surface area contributed by atoms with Crippen molar-refractivity contribution in [1.29, 1.82) is 0 Å². The lowest BCUT2D eigenvalue weighted by Crippen LogP contribution is -2.57. The van der Waals surface area contributed by atoms with E-state index >= 15 is 0 Å². The van der Waals surface area contributed by atoms with E-state index in [0.29, 0.717) is 25.8 Å². The molecule has 14 N–H and O–H groups in total. The van der Waals surface area contributed by atoms with Crippen molar-refractivity contribution in [3.8, 4) is 0 Å². The van der Waals surface area contributed by atoms with Gasteiger partial charge < -0.3 is 54.2 Å². The Kier molecular flexibility index (Phi) is 15.3. The molecule has 0 aromatic carbocycles. The number of amides is 3. The zero-order chi connectivity index (χ0) is 27.0. The van der Waals surface area contributed by atoms with Gasteiger partial charge in [0.15, 0.2) is 5.96 Å². The maximum Gasteiger partial charge on any atom is 0.328 e. The normalized spacial score (nSPS) is 14.0. The molecule has 35 heavy (non-hydrogen) atoms. The molecule has 0 aromatic heterocycles. The Hall–Kier alpha value is -3.50. The number of carbonyl (C=O) groups excluding carboxylic acids is 3. The zero-order valence-electron chi connectivity index (χ0n) is 19.3. The minimum absolute atomic E-state index is 0.0136. The molecule has 4 atom stereocenters. The van der Waals surface area contributed by atoms with Crippen LogP contribution in [0.15, 0.2) is 4.99 Å². The van der Waals surface area contributed by atoms with Crippen LogP contribution in [0.3, 0.4) is 0 Å². The van der Waals surface area contributed by atoms with E-state index < -0.39 is 66.9 Å². The Morgan fingerprint density at radius 2 is 1.37 bits per heavy atom. The average Bonchev–Trinajstić information content (AvgIpc) is 2.77. The highest BCUT2D eigenvalue weighted by molar-refractivity contribution is 5.95. The third kappa shape index (κ3) is 13.7. The Labute approximate surface area is 201 Å². The number of guanidine groups is 1. The van der Waals surface area contributed by atoms with Gasteiger partial charge in [-0.3, -0.25) is 24.2 Å². The van der Waals surface area contributed by atoms with E-state index in [1.807, 2.05) is 5.32 Å². The van der Waals surface area contributed by atoms with Crippen LogP contribution >= 0.6 is 0 Å². The number of aliphatic carboxylic acids is 2. The van der Waals surface area contributed by atoms with Crippen molar-refractivity contribution >= 4 is 35.6 Å². The van der Waals surface area contributed by atoms with Crippen LogP contribution in [0.1, 0.15) is 38.5 Å². The summed E-state index contributed by atoms with van der Waals surface area (Å²) in [6, 6.07) is -5.57. The van der Waals surface area contributed by atoms with Gasteiger partial charge in [-0.05, 0) is 32.2 Å². The van der Waals surface area contributed by atoms with Crippen molar-refractivity contribution in [3.63, 3.8) is 0 Å². The molecule has 0 bridgehead atoms. The fraction of sp³-hybridized carbons (Fsp3) is 0.684. The van der Waals surface area contributed by atoms with Crippen LogP contribution in [0, 0.1) is 0 Å². The number of carbonyl (C=O) groups is 5. The molecule has 0 aliphatic carbocycles. The first-order valence-corrected chi connectivity index (χ1v) is 10.9. The van der Waals surface area contributed by atoms with Gasteiger partial charge in [0.1, 0.15) is 18.1 Å². The van der Waals surface area contributed by atoms with Crippen molar-refractivity contribution < 1.29 is 39.3 Å². The number of nitrogens with two attached hydrogens (primary N) is 4. The SMILES string of the molecule is NCCCCC(N)C(=O)NC(CCCN=C(N)N)C(=O)NC(CC(=O)O)C(=O)NC(CO)C(=O)O. The lowest BCUT2D eigenvalue weighted by molar-refractivity contribution is -0.144. The lowest BCUT2D eigenvalue weighted by atomic mass is 10.1. The molecule has 0 spiro atoms. The molecule has 16 nitrogen and oxygen atoms in total. The predicted molar refractivity (Wildman–Crippen MR) is 124 cm³/mol. The van der Waals surface area contributed by atoms with Gasteiger partial charge in [-0.15, -0.1) is 0 Å². The molecule has 16 heteroatoms. The zero-order valence-corrected chi connectivity index (χ0v) is 19.3. The van der Waals surface area contributed by atoms with Gasteiger partial charge in [0.2, 0.25) is 17.7 Å². The summed E-state index contributed by atoms with van der Waals surface area (Å²) in [4.78, 5) is 63.7. The predicted octanol–water partition coefficient (Wildman–Crippen LogP) is -4.50. The van der Waals surface area contributed by atoms with E-state index in [4.69, 9.17) is 38.3 Å². The number of hydrogen-bond acceptors (Lipinski definition) is 9. The summed E-state index contributed by atoms with van der Waals surface area (Å²) < 4.78 is 0. The van der Waals surface area contributed by atoms with Crippen LogP contribution < -0.4 is 38.9 Å². The number of carboxylic acids is 2. The van der Waals surface area contributed by atoms with Crippen molar-refractivity contribution in [3.05, 3.63) is 0 Å². The van der Waals surface area contributed by atoms with Crippen molar-refractivity contribution in [2.75, 3.05) is 19.7 Å². The maximum atomic E-state index is 12.9. The standard InChI is InChI=1S/C19H36N8O8/c20-6-2-1-4-10(21)15(31)25-11(5-3-7-24-19(22)23)16(32)26-12(8-14(29)30)17(33)27-13(9-28)18(34)35/h10-13,28H,1-9,20-21H2,(H,25,31)(H,26,32)(H,27,33)(H,29,30)(H,34,35)(H4,22,23,24). The van der Waals surface area contributed by atoms with E-state index in [2.05, 4.69) is 15.6 Å². The van der Waals surface area contributed by atoms with E-state index in [9.17, 15) is 24.0 Å². The molecule has 0 heterocycles. The smallest absolute Gasteiger partial charge is 0.328 e. The minimum atomic E-state index is -1.71. The molecule has 4 unspecified atom stereocenters. The number of aliphatic imine (C=N–C) groups is 1. The monoisotopic (exact) mass is 504 g/mol. The molecule has 3 amide bonds. The molecular weight excluding hydrogens is 468 g/mol. The molecule has 0 radical (unpaired) electrons. The summed E-state index contributed by atoms with van der Waals surface area (Å²) in [5, 5.41) is 33.8. The number of hydrogen-bond donors (Lipinski definition) is 10. The number of nitrogens with zero attached hydrogens (tertiary/aromatic N) is 1. The van der Waals surface area contributed by atoms with Gasteiger partial charge in [0.25, 0.3) is 0 Å². The topological polar surface area (TPSA) is 299 Å². The van der Waals surface area contributed by atoms with E-state index in [0.717, 1.165) is 0 Å². The second-order valence-corrected chi connectivity index (χ2v) is 7.64. The summed E-state index contributed by atoms with van der Waals surface area (Å²) in [5.41, 5.74) is 21.8. The summed E-state index contributed by atoms with van der Waals surface area (Å²) in [6.45, 7) is -0.406. The summed E-state index contributed by atoms with van der Waals surface area (Å²) in [7, 11) is 0. The second-order valence-electron chi connectivity index (χ2n) is 7.64. The third-order valence-electron chi connectivity index (χ3n) is 4.69. The molecule has 0 saturated carbocycles. The highest BCUT2D eigenvalue weighted by atomic mass is 16.4. The van der Waals surface area contributed by atoms with E-state index in [1.165, 1.54) is 0 Å². The first kappa shape index (κ1) is 31.5. The van der Waals surface area contributed by atoms with Crippen LogP contribution in [0.2, 0.25) is 0 Å². The largest absolute Gasteiger partial charge is 0.481 e. The number of aliphatic hydroxyl groups is 1. The van der Waals surface area contributed by atoms with Crippen molar-refractivity contribution in [2.24, 2.45) is 27.9 Å². The summed E-state index contributed by atoms with van der Waals surface area (Å²) in [6.07, 6.45) is 0.916. The number of carboxylic acid groups (broad SMARTS) is 2. The van der Waals surface area contributed by atoms with E-state index in [-0.39, 0.29) is 25.3 Å². The van der Waals surface area contributed by atoms with Crippen molar-refractivity contribution in [1.82, 2.24) is 16.0 Å². The Morgan fingerprint density at radius 1 is 0.800 bits per heavy atom. The third-order valence-corrected chi connectivity index (χ3v) is 4.69. The van der Waals surface area contributed by atoms with Crippen LogP contribution in [-0.4, -0.2) is 94.8 Å². The molecule has 0 aliphatic heterocycles. The first-order valence-electron chi connectivity index (χ1n) is 10.9. The Balaban J connectivity index is 5.49. The Bertz CT molecular complexity index is 759. The van der Waals surface area contributed by atoms with Gasteiger partial charge in [-0.1, -0.05) is 6.42 Å². The molecule has 0 fully saturated rings. The molecule has 0 aromatic rings. The summed E-state index contributed by atoms with van der Waals surface area (Å²) >= 11 is 0. The van der Waals surface area contributed by atoms with Crippen LogP contribution in [0.25, 0.3) is 0 Å². The van der Waals surface area contributed by atoms with Gasteiger partial charge in [-0.2, -0.15) is 0 Å². The molecule has 0 rings (SSSR count). The van der Waals surface area contributed by atoms with Gasteiger partial charge in [0.05, 0.1) is 19.1 Å². The fourth-order valence-electron chi connectivity index (χ4n) is 2.80. The number of unbranched alkanes of at least 4 members (excludes halogenated alkanes) is 1. The molecule has 0 aliphatic rings.